The zero-order valence-electron chi connectivity index (χ0n) is 11.0. The van der Waals surface area contributed by atoms with Gasteiger partial charge < -0.3 is 13.7 Å². The molecular formula is C14H8Cl2N2O4. The van der Waals surface area contributed by atoms with Gasteiger partial charge in [-0.1, -0.05) is 28.4 Å². The first-order valence-corrected chi connectivity index (χ1v) is 6.87. The smallest absolute Gasteiger partial charge is 0.340 e. The van der Waals surface area contributed by atoms with E-state index >= 15 is 0 Å². The van der Waals surface area contributed by atoms with Crippen molar-refractivity contribution >= 4 is 29.2 Å². The molecule has 6 nitrogen and oxygen atoms in total. The number of halogens is 2. The van der Waals surface area contributed by atoms with Gasteiger partial charge in [-0.2, -0.15) is 0 Å². The third-order valence-corrected chi connectivity index (χ3v) is 3.39. The van der Waals surface area contributed by atoms with E-state index in [1.165, 1.54) is 18.5 Å². The molecule has 112 valence electrons. The van der Waals surface area contributed by atoms with Gasteiger partial charge in [0.25, 0.3) is 0 Å². The van der Waals surface area contributed by atoms with Crippen LogP contribution in [-0.2, 0) is 11.3 Å². The highest BCUT2D eigenvalue weighted by atomic mass is 35.5. The Labute approximate surface area is 134 Å². The van der Waals surface area contributed by atoms with E-state index in [-0.39, 0.29) is 22.3 Å². The Morgan fingerprint density at radius 2 is 2.14 bits per heavy atom. The Bertz CT molecular complexity index is 799. The largest absolute Gasteiger partial charge is 0.461 e. The fourth-order valence-electron chi connectivity index (χ4n) is 1.67. The lowest BCUT2D eigenvalue weighted by Gasteiger charge is -2.03. The Kier molecular flexibility index (Phi) is 4.13. The Balaban J connectivity index is 1.65. The minimum absolute atomic E-state index is 0.0523. The molecule has 0 aliphatic carbocycles. The molecule has 0 saturated carbocycles. The fourth-order valence-corrected chi connectivity index (χ4v) is 1.94. The average molecular weight is 339 g/mol. The van der Waals surface area contributed by atoms with E-state index < -0.39 is 5.97 Å². The molecule has 3 heterocycles. The Morgan fingerprint density at radius 1 is 1.27 bits per heavy atom. The summed E-state index contributed by atoms with van der Waals surface area (Å²) in [6.07, 6.45) is 2.81. The van der Waals surface area contributed by atoms with Gasteiger partial charge in [0.2, 0.25) is 5.76 Å². The molecule has 3 aromatic heterocycles. The van der Waals surface area contributed by atoms with Crippen molar-refractivity contribution in [3.05, 3.63) is 58.2 Å². The quantitative estimate of drug-likeness (QED) is 0.528. The van der Waals surface area contributed by atoms with Gasteiger partial charge in [0.05, 0.1) is 16.8 Å². The third kappa shape index (κ3) is 3.13. The first-order chi connectivity index (χ1) is 10.6. The average Bonchev–Trinajstić information content (AvgIpc) is 3.18. The molecule has 8 heteroatoms. The van der Waals surface area contributed by atoms with Gasteiger partial charge >= 0.3 is 5.97 Å². The van der Waals surface area contributed by atoms with Gasteiger partial charge in [-0.05, 0) is 18.2 Å². The third-order valence-electron chi connectivity index (χ3n) is 2.71. The van der Waals surface area contributed by atoms with Crippen molar-refractivity contribution < 1.29 is 18.5 Å². The van der Waals surface area contributed by atoms with Crippen LogP contribution in [0.15, 0.2) is 45.7 Å². The van der Waals surface area contributed by atoms with Crippen molar-refractivity contribution in [1.82, 2.24) is 10.1 Å². The van der Waals surface area contributed by atoms with Crippen LogP contribution >= 0.6 is 23.2 Å². The minimum Gasteiger partial charge on any atom is -0.461 e. The summed E-state index contributed by atoms with van der Waals surface area (Å²) in [5.41, 5.74) is 0.650. The van der Waals surface area contributed by atoms with Crippen molar-refractivity contribution in [3.63, 3.8) is 0 Å². The lowest BCUT2D eigenvalue weighted by atomic mass is 10.3. The van der Waals surface area contributed by atoms with Gasteiger partial charge in [-0.15, -0.1) is 0 Å². The number of ether oxygens (including phenoxy) is 1. The monoisotopic (exact) mass is 338 g/mol. The molecule has 0 aromatic carbocycles. The van der Waals surface area contributed by atoms with E-state index in [2.05, 4.69) is 10.1 Å². The number of carbonyl (C=O) groups is 1. The molecule has 22 heavy (non-hydrogen) atoms. The number of rotatable bonds is 4. The molecule has 0 aliphatic rings. The van der Waals surface area contributed by atoms with Crippen molar-refractivity contribution in [1.29, 1.82) is 0 Å². The summed E-state index contributed by atoms with van der Waals surface area (Å²) in [6, 6.07) is 6.47. The van der Waals surface area contributed by atoms with E-state index in [1.807, 2.05) is 0 Å². The van der Waals surface area contributed by atoms with Gasteiger partial charge in [-0.25, -0.2) is 9.78 Å². The number of nitrogens with zero attached hydrogens (tertiary/aromatic N) is 2. The number of aromatic nitrogens is 2. The molecule has 3 aromatic rings. The second-order valence-corrected chi connectivity index (χ2v) is 5.00. The molecule has 0 aliphatic heterocycles. The number of hydrogen-bond acceptors (Lipinski definition) is 6. The highest BCUT2D eigenvalue weighted by molar-refractivity contribution is 6.41. The first-order valence-electron chi connectivity index (χ1n) is 6.11. The van der Waals surface area contributed by atoms with E-state index in [0.29, 0.717) is 17.2 Å². The molecule has 0 N–H and O–H groups in total. The summed E-state index contributed by atoms with van der Waals surface area (Å²) >= 11 is 11.5. The van der Waals surface area contributed by atoms with Crippen LogP contribution in [0.25, 0.3) is 11.5 Å². The highest BCUT2D eigenvalue weighted by Crippen LogP contribution is 2.22. The van der Waals surface area contributed by atoms with Crippen LogP contribution in [0.1, 0.15) is 16.1 Å². The van der Waals surface area contributed by atoms with Crippen molar-refractivity contribution in [2.24, 2.45) is 0 Å². The number of carbonyl (C=O) groups excluding carboxylic acids is 1. The molecule has 0 amide bonds. The van der Waals surface area contributed by atoms with E-state index in [1.54, 1.807) is 18.2 Å². The number of esters is 1. The molecule has 0 atom stereocenters. The van der Waals surface area contributed by atoms with Crippen LogP contribution in [0.2, 0.25) is 10.2 Å². The topological polar surface area (TPSA) is 78.4 Å². The molecule has 0 saturated heterocycles. The SMILES string of the molecule is O=C(OCc1cc(-c2ccco2)on1)c1cnc(Cl)c(Cl)c1. The predicted octanol–water partition coefficient (Wildman–Crippen LogP) is 3.99. The molecule has 0 unspecified atom stereocenters. The van der Waals surface area contributed by atoms with E-state index in [4.69, 9.17) is 36.9 Å². The lowest BCUT2D eigenvalue weighted by Crippen LogP contribution is -2.06. The summed E-state index contributed by atoms with van der Waals surface area (Å²) in [4.78, 5) is 15.7. The number of furan rings is 1. The van der Waals surface area contributed by atoms with E-state index in [0.717, 1.165) is 0 Å². The Hall–Kier alpha value is -2.31. The van der Waals surface area contributed by atoms with Crippen molar-refractivity contribution in [2.45, 2.75) is 6.61 Å². The van der Waals surface area contributed by atoms with E-state index in [9.17, 15) is 4.79 Å². The second kappa shape index (κ2) is 6.21. The van der Waals surface area contributed by atoms with Gasteiger partial charge in [-0.3, -0.25) is 0 Å². The van der Waals surface area contributed by atoms with Crippen LogP contribution in [-0.4, -0.2) is 16.1 Å². The standard InChI is InChI=1S/C14H8Cl2N2O4/c15-10-4-8(6-17-13(10)16)14(19)21-7-9-5-12(22-18-9)11-2-1-3-20-11/h1-6H,7H2. The summed E-state index contributed by atoms with van der Waals surface area (Å²) in [6.45, 7) is -0.0523. The van der Waals surface area contributed by atoms with Gasteiger partial charge in [0.1, 0.15) is 17.5 Å². The lowest BCUT2D eigenvalue weighted by molar-refractivity contribution is 0.0464. The van der Waals surface area contributed by atoms with Gasteiger partial charge in [0, 0.05) is 12.3 Å². The maximum absolute atomic E-state index is 11.9. The number of hydrogen-bond donors (Lipinski definition) is 0. The zero-order valence-corrected chi connectivity index (χ0v) is 12.5. The minimum atomic E-state index is -0.589. The van der Waals surface area contributed by atoms with Crippen LogP contribution < -0.4 is 0 Å². The van der Waals surface area contributed by atoms with Crippen molar-refractivity contribution in [2.75, 3.05) is 0 Å². The van der Waals surface area contributed by atoms with Crippen LogP contribution in [0.4, 0.5) is 0 Å². The summed E-state index contributed by atoms with van der Waals surface area (Å²) in [7, 11) is 0. The van der Waals surface area contributed by atoms with Gasteiger partial charge in [0.15, 0.2) is 5.76 Å². The fraction of sp³-hybridized carbons (Fsp3) is 0.0714. The molecule has 0 radical (unpaired) electrons. The van der Waals surface area contributed by atoms with Crippen LogP contribution in [0, 0.1) is 0 Å². The van der Waals surface area contributed by atoms with Crippen LogP contribution in [0.3, 0.4) is 0 Å². The Morgan fingerprint density at radius 3 is 2.86 bits per heavy atom. The normalized spacial score (nSPS) is 10.6. The second-order valence-electron chi connectivity index (χ2n) is 4.23. The summed E-state index contributed by atoms with van der Waals surface area (Å²) in [5.74, 6) is 0.402. The molecular weight excluding hydrogens is 331 g/mol. The highest BCUT2D eigenvalue weighted by Gasteiger charge is 2.13. The predicted molar refractivity (Wildman–Crippen MR) is 77.6 cm³/mol. The maximum Gasteiger partial charge on any atom is 0.340 e. The molecule has 0 spiro atoms. The number of pyridine rings is 1. The van der Waals surface area contributed by atoms with Crippen LogP contribution in [0.5, 0.6) is 0 Å². The summed E-state index contributed by atoms with van der Waals surface area (Å²) in [5, 5.41) is 4.10. The molecule has 0 fully saturated rings. The zero-order chi connectivity index (χ0) is 15.5. The summed E-state index contributed by atoms with van der Waals surface area (Å²) < 4.78 is 15.4. The first kappa shape index (κ1) is 14.6. The molecule has 0 bridgehead atoms. The molecule has 3 rings (SSSR count). The maximum atomic E-state index is 11.9. The van der Waals surface area contributed by atoms with Crippen molar-refractivity contribution in [3.8, 4) is 11.5 Å².